The van der Waals surface area contributed by atoms with Gasteiger partial charge >= 0.3 is 0 Å². The van der Waals surface area contributed by atoms with Gasteiger partial charge in [0.05, 0.1) is 11.3 Å². The Morgan fingerprint density at radius 2 is 2.08 bits per heavy atom. The van der Waals surface area contributed by atoms with E-state index in [0.29, 0.717) is 12.1 Å². The summed E-state index contributed by atoms with van der Waals surface area (Å²) in [7, 11) is 0. The molecule has 1 aliphatic carbocycles. The van der Waals surface area contributed by atoms with Crippen molar-refractivity contribution in [3.05, 3.63) is 35.9 Å². The maximum atomic E-state index is 13.0. The van der Waals surface area contributed by atoms with Crippen LogP contribution in [0.25, 0.3) is 0 Å². The Morgan fingerprint density at radius 3 is 2.85 bits per heavy atom. The zero-order chi connectivity index (χ0) is 17.9. The summed E-state index contributed by atoms with van der Waals surface area (Å²) in [5.74, 6) is 0.218. The molecule has 7 heteroatoms. The van der Waals surface area contributed by atoms with Gasteiger partial charge in [-0.05, 0) is 61.4 Å². The van der Waals surface area contributed by atoms with E-state index in [1.807, 2.05) is 17.7 Å². The third kappa shape index (κ3) is 3.92. The van der Waals surface area contributed by atoms with Crippen LogP contribution in [-0.2, 0) is 11.2 Å². The van der Waals surface area contributed by atoms with Crippen LogP contribution in [-0.4, -0.2) is 48.9 Å². The SMILES string of the molecule is CC(Sc1nnnn1C1CC1)C(=O)N1CCCC1CCc1ccccc1. The highest BCUT2D eigenvalue weighted by molar-refractivity contribution is 8.00. The minimum atomic E-state index is -0.157. The Hall–Kier alpha value is -1.89. The molecule has 4 rings (SSSR count). The number of rotatable bonds is 7. The minimum Gasteiger partial charge on any atom is -0.339 e. The molecule has 2 unspecified atom stereocenters. The number of tetrazole rings is 1. The fourth-order valence-electron chi connectivity index (χ4n) is 3.66. The summed E-state index contributed by atoms with van der Waals surface area (Å²) >= 11 is 1.49. The molecule has 2 aliphatic rings. The topological polar surface area (TPSA) is 63.9 Å². The number of amides is 1. The number of benzene rings is 1. The second kappa shape index (κ2) is 7.78. The molecule has 2 atom stereocenters. The van der Waals surface area contributed by atoms with Gasteiger partial charge in [0, 0.05) is 12.6 Å². The van der Waals surface area contributed by atoms with Crippen LogP contribution in [0.4, 0.5) is 0 Å². The first kappa shape index (κ1) is 17.5. The number of carbonyl (C=O) groups excluding carboxylic acids is 1. The lowest BCUT2D eigenvalue weighted by atomic mass is 10.0. The summed E-state index contributed by atoms with van der Waals surface area (Å²) in [4.78, 5) is 15.1. The van der Waals surface area contributed by atoms with E-state index in [2.05, 4.69) is 44.7 Å². The van der Waals surface area contributed by atoms with Gasteiger partial charge < -0.3 is 4.90 Å². The quantitative estimate of drug-likeness (QED) is 0.700. The van der Waals surface area contributed by atoms with Crippen molar-refractivity contribution in [2.24, 2.45) is 0 Å². The molecule has 1 aromatic carbocycles. The van der Waals surface area contributed by atoms with E-state index >= 15 is 0 Å². The van der Waals surface area contributed by atoms with Gasteiger partial charge in [-0.25, -0.2) is 4.68 Å². The molecule has 1 amide bonds. The van der Waals surface area contributed by atoms with E-state index < -0.39 is 0 Å². The Balaban J connectivity index is 1.35. The predicted octanol–water partition coefficient (Wildman–Crippen LogP) is 3.11. The van der Waals surface area contributed by atoms with E-state index in [0.717, 1.165) is 50.2 Å². The van der Waals surface area contributed by atoms with Gasteiger partial charge in [0.2, 0.25) is 11.1 Å². The summed E-state index contributed by atoms with van der Waals surface area (Å²) in [6, 6.07) is 11.3. The average Bonchev–Trinajstić information content (AvgIpc) is 3.22. The van der Waals surface area contributed by atoms with Crippen LogP contribution in [0.15, 0.2) is 35.5 Å². The van der Waals surface area contributed by atoms with Crippen molar-refractivity contribution in [3.8, 4) is 0 Å². The molecule has 1 aliphatic heterocycles. The summed E-state index contributed by atoms with van der Waals surface area (Å²) in [5.41, 5.74) is 1.35. The molecule has 1 saturated heterocycles. The summed E-state index contributed by atoms with van der Waals surface area (Å²) < 4.78 is 1.88. The number of hydrogen-bond donors (Lipinski definition) is 0. The monoisotopic (exact) mass is 371 g/mol. The van der Waals surface area contributed by atoms with Crippen molar-refractivity contribution in [3.63, 3.8) is 0 Å². The smallest absolute Gasteiger partial charge is 0.236 e. The summed E-state index contributed by atoms with van der Waals surface area (Å²) in [6.07, 6.45) is 6.53. The van der Waals surface area contributed by atoms with Crippen LogP contribution in [0, 0.1) is 0 Å². The van der Waals surface area contributed by atoms with E-state index in [1.54, 1.807) is 0 Å². The van der Waals surface area contributed by atoms with Crippen LogP contribution in [0.1, 0.15) is 50.6 Å². The summed E-state index contributed by atoms with van der Waals surface area (Å²) in [5, 5.41) is 12.6. The number of nitrogens with zero attached hydrogens (tertiary/aromatic N) is 5. The molecular formula is C19H25N5OS. The second-order valence-corrected chi connectivity index (χ2v) is 8.56. The van der Waals surface area contributed by atoms with Gasteiger partial charge in [-0.3, -0.25) is 4.79 Å². The van der Waals surface area contributed by atoms with Crippen molar-refractivity contribution in [2.75, 3.05) is 6.54 Å². The molecule has 2 fully saturated rings. The van der Waals surface area contributed by atoms with Crippen molar-refractivity contribution in [1.29, 1.82) is 0 Å². The fraction of sp³-hybridized carbons (Fsp3) is 0.579. The highest BCUT2D eigenvalue weighted by Crippen LogP contribution is 2.37. The van der Waals surface area contributed by atoms with Gasteiger partial charge in [0.25, 0.3) is 0 Å². The van der Waals surface area contributed by atoms with Crippen LogP contribution in [0.3, 0.4) is 0 Å². The number of aryl methyl sites for hydroxylation is 1. The number of thioether (sulfide) groups is 1. The maximum Gasteiger partial charge on any atom is 0.236 e. The molecule has 0 bridgehead atoms. The van der Waals surface area contributed by atoms with Crippen LogP contribution >= 0.6 is 11.8 Å². The molecule has 1 aromatic heterocycles. The average molecular weight is 372 g/mol. The highest BCUT2D eigenvalue weighted by Gasteiger charge is 2.34. The van der Waals surface area contributed by atoms with Crippen LogP contribution < -0.4 is 0 Å². The van der Waals surface area contributed by atoms with Crippen LogP contribution in [0.5, 0.6) is 0 Å². The standard InChI is InChI=1S/C19H25N5OS/c1-14(26-19-20-21-22-24(19)17-11-12-17)18(25)23-13-5-8-16(23)10-9-15-6-3-2-4-7-15/h2-4,6-7,14,16-17H,5,8-13H2,1H3. The first-order valence-corrected chi connectivity index (χ1v) is 10.4. The molecule has 0 radical (unpaired) electrons. The second-order valence-electron chi connectivity index (χ2n) is 7.25. The molecular weight excluding hydrogens is 346 g/mol. The van der Waals surface area contributed by atoms with E-state index in [4.69, 9.17) is 0 Å². The normalized spacial score (nSPS) is 21.1. The van der Waals surface area contributed by atoms with Crippen LogP contribution in [0.2, 0.25) is 0 Å². The van der Waals surface area contributed by atoms with Gasteiger partial charge in [-0.1, -0.05) is 42.1 Å². The van der Waals surface area contributed by atoms with Gasteiger partial charge in [-0.15, -0.1) is 5.10 Å². The lowest BCUT2D eigenvalue weighted by Crippen LogP contribution is -2.40. The Labute approximate surface area is 158 Å². The lowest BCUT2D eigenvalue weighted by molar-refractivity contribution is -0.131. The zero-order valence-electron chi connectivity index (χ0n) is 15.1. The fourth-order valence-corrected chi connectivity index (χ4v) is 4.59. The van der Waals surface area contributed by atoms with Gasteiger partial charge in [-0.2, -0.15) is 0 Å². The zero-order valence-corrected chi connectivity index (χ0v) is 15.9. The Kier molecular flexibility index (Phi) is 5.24. The molecule has 2 heterocycles. The van der Waals surface area contributed by atoms with E-state index in [1.165, 1.54) is 17.3 Å². The molecule has 0 N–H and O–H groups in total. The number of aromatic nitrogens is 4. The van der Waals surface area contributed by atoms with Crippen molar-refractivity contribution < 1.29 is 4.79 Å². The Bertz CT molecular complexity index is 745. The summed E-state index contributed by atoms with van der Waals surface area (Å²) in [6.45, 7) is 2.85. The number of hydrogen-bond acceptors (Lipinski definition) is 5. The van der Waals surface area contributed by atoms with Crippen molar-refractivity contribution >= 4 is 17.7 Å². The van der Waals surface area contributed by atoms with Gasteiger partial charge in [0.15, 0.2) is 0 Å². The number of likely N-dealkylation sites (tertiary alicyclic amines) is 1. The molecule has 26 heavy (non-hydrogen) atoms. The predicted molar refractivity (Wildman–Crippen MR) is 101 cm³/mol. The molecule has 2 aromatic rings. The number of carbonyl (C=O) groups is 1. The van der Waals surface area contributed by atoms with Crippen molar-refractivity contribution in [2.45, 2.75) is 67.9 Å². The first-order valence-electron chi connectivity index (χ1n) is 9.51. The minimum absolute atomic E-state index is 0.157. The highest BCUT2D eigenvalue weighted by atomic mass is 32.2. The molecule has 0 spiro atoms. The maximum absolute atomic E-state index is 13.0. The molecule has 6 nitrogen and oxygen atoms in total. The van der Waals surface area contributed by atoms with E-state index in [9.17, 15) is 4.79 Å². The lowest BCUT2D eigenvalue weighted by Gasteiger charge is -2.27. The largest absolute Gasteiger partial charge is 0.339 e. The first-order chi connectivity index (χ1) is 12.7. The third-order valence-corrected chi connectivity index (χ3v) is 6.29. The Morgan fingerprint density at radius 1 is 1.27 bits per heavy atom. The third-order valence-electron chi connectivity index (χ3n) is 5.25. The van der Waals surface area contributed by atoms with Gasteiger partial charge in [0.1, 0.15) is 0 Å². The van der Waals surface area contributed by atoms with Crippen molar-refractivity contribution in [1.82, 2.24) is 25.1 Å². The molecule has 1 saturated carbocycles. The molecule has 138 valence electrons. The van der Waals surface area contributed by atoms with E-state index in [-0.39, 0.29) is 11.2 Å².